The zero-order valence-electron chi connectivity index (χ0n) is 21.1. The Morgan fingerprint density at radius 1 is 1.00 bits per heavy atom. The minimum atomic E-state index is -0.438. The van der Waals surface area contributed by atoms with Crippen molar-refractivity contribution in [3.63, 3.8) is 0 Å². The van der Waals surface area contributed by atoms with Gasteiger partial charge in [0.15, 0.2) is 0 Å². The monoisotopic (exact) mass is 467 g/mol. The summed E-state index contributed by atoms with van der Waals surface area (Å²) in [6.07, 6.45) is 14.1. The summed E-state index contributed by atoms with van der Waals surface area (Å²) in [6.45, 7) is 6.62. The molecule has 2 amide bonds. The molecule has 33 heavy (non-hydrogen) atoms. The predicted octanol–water partition coefficient (Wildman–Crippen LogP) is 3.22. The number of aliphatic hydroxyl groups is 2. The number of rotatable bonds is 18. The van der Waals surface area contributed by atoms with Crippen LogP contribution in [0.15, 0.2) is 0 Å². The first-order chi connectivity index (χ1) is 15.9. The summed E-state index contributed by atoms with van der Waals surface area (Å²) in [5.41, 5.74) is 0. The lowest BCUT2D eigenvalue weighted by Crippen LogP contribution is -2.61. The van der Waals surface area contributed by atoms with E-state index in [1.807, 2.05) is 0 Å². The first-order valence-corrected chi connectivity index (χ1v) is 13.6. The van der Waals surface area contributed by atoms with Crippen molar-refractivity contribution >= 4 is 11.8 Å². The molecule has 2 fully saturated rings. The maximum Gasteiger partial charge on any atom is 0.245 e. The van der Waals surface area contributed by atoms with Crippen molar-refractivity contribution in [3.05, 3.63) is 0 Å². The number of carbonyl (C=O) groups is 2. The van der Waals surface area contributed by atoms with Crippen LogP contribution in [0.1, 0.15) is 104 Å². The van der Waals surface area contributed by atoms with Crippen LogP contribution in [0.3, 0.4) is 0 Å². The first kappa shape index (κ1) is 28.1. The molecule has 0 aromatic carbocycles. The lowest BCUT2D eigenvalue weighted by molar-refractivity contribution is -0.147. The summed E-state index contributed by atoms with van der Waals surface area (Å²) in [7, 11) is 0. The molecule has 2 aliphatic heterocycles. The Bertz CT molecular complexity index is 572. The summed E-state index contributed by atoms with van der Waals surface area (Å²) in [4.78, 5) is 28.7. The molecular weight excluding hydrogens is 418 g/mol. The number of aliphatic hydroxyl groups excluding tert-OH is 2. The van der Waals surface area contributed by atoms with Crippen molar-refractivity contribution in [1.82, 2.24) is 15.1 Å². The fourth-order valence-electron chi connectivity index (χ4n) is 5.25. The van der Waals surface area contributed by atoms with E-state index in [2.05, 4.69) is 17.1 Å². The Hall–Kier alpha value is -1.18. The molecule has 7 heteroatoms. The van der Waals surface area contributed by atoms with Crippen LogP contribution in [0, 0.1) is 0 Å². The molecule has 4 atom stereocenters. The van der Waals surface area contributed by atoms with E-state index in [-0.39, 0.29) is 24.0 Å². The van der Waals surface area contributed by atoms with Crippen LogP contribution in [-0.2, 0) is 9.59 Å². The highest BCUT2D eigenvalue weighted by Crippen LogP contribution is 2.23. The van der Waals surface area contributed by atoms with Crippen LogP contribution in [0.5, 0.6) is 0 Å². The summed E-state index contributed by atoms with van der Waals surface area (Å²) in [5.74, 6) is 0.0654. The van der Waals surface area contributed by atoms with Gasteiger partial charge in [0.2, 0.25) is 11.8 Å². The molecule has 2 rings (SSSR count). The average molecular weight is 468 g/mol. The number of nitrogens with zero attached hydrogens (tertiary/aromatic N) is 2. The fraction of sp³-hybridized carbons (Fsp3) is 0.923. The molecule has 0 aliphatic carbocycles. The highest BCUT2D eigenvalue weighted by atomic mass is 16.3. The number of hydrogen-bond donors (Lipinski definition) is 3. The van der Waals surface area contributed by atoms with Gasteiger partial charge in [0.1, 0.15) is 12.1 Å². The summed E-state index contributed by atoms with van der Waals surface area (Å²) < 4.78 is 0. The van der Waals surface area contributed by atoms with Crippen molar-refractivity contribution in [2.45, 2.75) is 128 Å². The largest absolute Gasteiger partial charge is 0.392 e. The van der Waals surface area contributed by atoms with E-state index in [1.165, 1.54) is 44.9 Å². The molecule has 2 aliphatic rings. The van der Waals surface area contributed by atoms with Gasteiger partial charge in [-0.25, -0.2) is 0 Å². The molecule has 192 valence electrons. The van der Waals surface area contributed by atoms with Gasteiger partial charge < -0.3 is 20.4 Å². The molecule has 2 heterocycles. The summed E-state index contributed by atoms with van der Waals surface area (Å²) >= 11 is 0. The van der Waals surface area contributed by atoms with E-state index >= 15 is 0 Å². The average Bonchev–Trinajstić information content (AvgIpc) is 3.27. The molecule has 0 saturated carbocycles. The third-order valence-electron chi connectivity index (χ3n) is 7.05. The molecule has 4 unspecified atom stereocenters. The second-order valence-corrected chi connectivity index (χ2v) is 10.3. The van der Waals surface area contributed by atoms with Gasteiger partial charge in [-0.15, -0.1) is 0 Å². The Balaban J connectivity index is 1.62. The molecule has 0 spiro atoms. The lowest BCUT2D eigenvalue weighted by Gasteiger charge is -2.34. The second kappa shape index (κ2) is 15.7. The zero-order chi connectivity index (χ0) is 24.1. The minimum absolute atomic E-state index is 0.00286. The summed E-state index contributed by atoms with van der Waals surface area (Å²) in [6, 6.07) is -0.651. The van der Waals surface area contributed by atoms with Crippen molar-refractivity contribution in [2.24, 2.45) is 0 Å². The van der Waals surface area contributed by atoms with Crippen molar-refractivity contribution in [1.29, 1.82) is 0 Å². The van der Waals surface area contributed by atoms with Crippen LogP contribution >= 0.6 is 0 Å². The maximum atomic E-state index is 12.6. The van der Waals surface area contributed by atoms with Gasteiger partial charge >= 0.3 is 0 Å². The molecular formula is C26H49N3O4. The quantitative estimate of drug-likeness (QED) is 0.269. The second-order valence-electron chi connectivity index (χ2n) is 10.3. The van der Waals surface area contributed by atoms with Gasteiger partial charge in [-0.05, 0) is 52.0 Å². The standard InChI is InChI=1S/C26H49N3O4/c1-3-4-5-6-7-8-9-10-14-22(31)20-28(19-21(2)30)17-12-11-15-23-26(33)29-18-13-16-24(29)25(32)27-23/h21-24,30-31H,3-20H2,1-2H3,(H,27,32). The van der Waals surface area contributed by atoms with Gasteiger partial charge in [0.25, 0.3) is 0 Å². The van der Waals surface area contributed by atoms with Gasteiger partial charge in [-0.3, -0.25) is 14.5 Å². The lowest BCUT2D eigenvalue weighted by atomic mass is 10.0. The number of hydrogen-bond acceptors (Lipinski definition) is 5. The normalized spacial score (nSPS) is 22.5. The molecule has 0 radical (unpaired) electrons. The zero-order valence-corrected chi connectivity index (χ0v) is 21.1. The number of unbranched alkanes of at least 4 members (excludes halogenated alkanes) is 8. The van der Waals surface area contributed by atoms with Crippen LogP contribution in [0.25, 0.3) is 0 Å². The first-order valence-electron chi connectivity index (χ1n) is 13.6. The molecule has 2 saturated heterocycles. The van der Waals surface area contributed by atoms with Crippen LogP contribution < -0.4 is 5.32 Å². The van der Waals surface area contributed by atoms with Gasteiger partial charge in [0, 0.05) is 19.6 Å². The SMILES string of the molecule is CCCCCCCCCCC(O)CN(CCCCC1NC(=O)C2CCCN2C1=O)CC(C)O. The number of nitrogens with one attached hydrogen (secondary N) is 1. The predicted molar refractivity (Wildman–Crippen MR) is 132 cm³/mol. The fourth-order valence-corrected chi connectivity index (χ4v) is 5.25. The number of piperazine rings is 1. The highest BCUT2D eigenvalue weighted by molar-refractivity contribution is 5.97. The van der Waals surface area contributed by atoms with Crippen LogP contribution in [0.4, 0.5) is 0 Å². The minimum Gasteiger partial charge on any atom is -0.392 e. The topological polar surface area (TPSA) is 93.1 Å². The summed E-state index contributed by atoms with van der Waals surface area (Å²) in [5, 5.41) is 23.3. The Morgan fingerprint density at radius 3 is 2.39 bits per heavy atom. The van der Waals surface area contributed by atoms with Gasteiger partial charge in [-0.1, -0.05) is 58.3 Å². The van der Waals surface area contributed by atoms with Crippen molar-refractivity contribution < 1.29 is 19.8 Å². The molecule has 7 nitrogen and oxygen atoms in total. The molecule has 0 bridgehead atoms. The van der Waals surface area contributed by atoms with Crippen LogP contribution in [0.2, 0.25) is 0 Å². The number of carbonyl (C=O) groups excluding carboxylic acids is 2. The van der Waals surface area contributed by atoms with E-state index in [0.717, 1.165) is 45.1 Å². The van der Waals surface area contributed by atoms with Gasteiger partial charge in [0.05, 0.1) is 12.2 Å². The molecule has 0 aromatic heterocycles. The smallest absolute Gasteiger partial charge is 0.245 e. The van der Waals surface area contributed by atoms with Crippen LogP contribution in [-0.4, -0.2) is 82.3 Å². The third-order valence-corrected chi connectivity index (χ3v) is 7.05. The number of fused-ring (bicyclic) bond motifs is 1. The third kappa shape index (κ3) is 10.3. The van der Waals surface area contributed by atoms with E-state index in [4.69, 9.17) is 0 Å². The van der Waals surface area contributed by atoms with E-state index in [1.54, 1.807) is 11.8 Å². The molecule has 0 aromatic rings. The maximum absolute atomic E-state index is 12.6. The van der Waals surface area contributed by atoms with Crippen molar-refractivity contribution in [3.8, 4) is 0 Å². The van der Waals surface area contributed by atoms with E-state index in [9.17, 15) is 19.8 Å². The number of amides is 2. The highest BCUT2D eigenvalue weighted by Gasteiger charge is 2.42. The van der Waals surface area contributed by atoms with E-state index in [0.29, 0.717) is 26.1 Å². The Kier molecular flexibility index (Phi) is 13.3. The van der Waals surface area contributed by atoms with E-state index < -0.39 is 12.1 Å². The Morgan fingerprint density at radius 2 is 1.70 bits per heavy atom. The van der Waals surface area contributed by atoms with Crippen molar-refractivity contribution in [2.75, 3.05) is 26.2 Å². The molecule has 3 N–H and O–H groups in total. The Labute approximate surface area is 201 Å². The van der Waals surface area contributed by atoms with Gasteiger partial charge in [-0.2, -0.15) is 0 Å².